The van der Waals surface area contributed by atoms with E-state index in [1.807, 2.05) is 12.1 Å². The molecule has 0 N–H and O–H groups in total. The first-order valence-corrected chi connectivity index (χ1v) is 7.43. The molecule has 1 aliphatic rings. The predicted molar refractivity (Wildman–Crippen MR) is 84.6 cm³/mol. The lowest BCUT2D eigenvalue weighted by atomic mass is 9.78. The van der Waals surface area contributed by atoms with Crippen molar-refractivity contribution in [2.75, 3.05) is 0 Å². The Labute approximate surface area is 126 Å². The van der Waals surface area contributed by atoms with Crippen molar-refractivity contribution in [1.82, 2.24) is 9.97 Å². The lowest BCUT2D eigenvalue weighted by Gasteiger charge is -2.32. The Bertz CT molecular complexity index is 669. The molecule has 3 rings (SSSR count). The molecule has 0 saturated carbocycles. The summed E-state index contributed by atoms with van der Waals surface area (Å²) in [5.74, 6) is 0. The lowest BCUT2D eigenvalue weighted by Crippen LogP contribution is -2.41. The minimum absolute atomic E-state index is 0.326. The zero-order valence-electron chi connectivity index (χ0n) is 13.3. The molecule has 0 aliphatic carbocycles. The van der Waals surface area contributed by atoms with Gasteiger partial charge in [-0.15, -0.1) is 0 Å². The fraction of sp³-hybridized carbons (Fsp3) is 0.500. The fourth-order valence-corrected chi connectivity index (χ4v) is 2.54. The average molecular weight is 284 g/mol. The number of hydrogen-bond acceptors (Lipinski definition) is 4. The van der Waals surface area contributed by atoms with Gasteiger partial charge in [0.05, 0.1) is 22.4 Å². The van der Waals surface area contributed by atoms with Crippen molar-refractivity contribution < 1.29 is 9.31 Å². The molecule has 0 atom stereocenters. The first kappa shape index (κ1) is 14.5. The van der Waals surface area contributed by atoms with E-state index in [1.54, 1.807) is 6.33 Å². The molecule has 1 aromatic carbocycles. The van der Waals surface area contributed by atoms with E-state index in [0.717, 1.165) is 28.5 Å². The van der Waals surface area contributed by atoms with Crippen LogP contribution in [-0.2, 0) is 15.7 Å². The average Bonchev–Trinajstić information content (AvgIpc) is 2.66. The van der Waals surface area contributed by atoms with Gasteiger partial charge in [0.25, 0.3) is 0 Å². The Kier molecular flexibility index (Phi) is 3.30. The van der Waals surface area contributed by atoms with Crippen LogP contribution in [0, 0.1) is 0 Å². The highest BCUT2D eigenvalue weighted by Gasteiger charge is 2.51. The number of aromatic nitrogens is 2. The maximum Gasteiger partial charge on any atom is 0.494 e. The topological polar surface area (TPSA) is 44.2 Å². The van der Waals surface area contributed by atoms with Gasteiger partial charge in [-0.2, -0.15) is 0 Å². The largest absolute Gasteiger partial charge is 0.494 e. The lowest BCUT2D eigenvalue weighted by molar-refractivity contribution is 0.00578. The van der Waals surface area contributed by atoms with E-state index in [2.05, 4.69) is 50.7 Å². The third kappa shape index (κ3) is 2.34. The van der Waals surface area contributed by atoms with E-state index in [-0.39, 0.29) is 18.3 Å². The van der Waals surface area contributed by atoms with Crippen LogP contribution < -0.4 is 5.46 Å². The third-order valence-electron chi connectivity index (χ3n) is 4.60. The predicted octanol–water partition coefficient (Wildman–Crippen LogP) is 2.49. The second-order valence-electron chi connectivity index (χ2n) is 6.54. The standard InChI is InChI=1S/C16H21BN2O2/c1-6-13-12-9-11(7-8-14(12)19-10-18-13)17-20-15(2,3)16(4,5)21-17/h7-10H,6H2,1-5H3. The summed E-state index contributed by atoms with van der Waals surface area (Å²) in [6, 6.07) is 6.13. The molecule has 1 aromatic heterocycles. The van der Waals surface area contributed by atoms with Crippen molar-refractivity contribution >= 4 is 23.5 Å². The Hall–Kier alpha value is -1.46. The molecule has 0 bridgehead atoms. The SMILES string of the molecule is CCc1ncnc2ccc(B3OC(C)(C)C(C)(C)O3)cc12. The number of benzene rings is 1. The first-order valence-electron chi connectivity index (χ1n) is 7.43. The maximum absolute atomic E-state index is 6.11. The first-order chi connectivity index (χ1) is 9.84. The van der Waals surface area contributed by atoms with E-state index in [1.165, 1.54) is 0 Å². The molecule has 0 radical (unpaired) electrons. The zero-order chi connectivity index (χ0) is 15.3. The van der Waals surface area contributed by atoms with Crippen LogP contribution in [0.2, 0.25) is 0 Å². The molecular formula is C16H21BN2O2. The molecule has 4 nitrogen and oxygen atoms in total. The van der Waals surface area contributed by atoms with Gasteiger partial charge in [-0.1, -0.05) is 19.1 Å². The van der Waals surface area contributed by atoms with Gasteiger partial charge in [-0.3, -0.25) is 0 Å². The van der Waals surface area contributed by atoms with Gasteiger partial charge < -0.3 is 9.31 Å². The van der Waals surface area contributed by atoms with Crippen LogP contribution in [0.25, 0.3) is 10.9 Å². The van der Waals surface area contributed by atoms with Crippen molar-refractivity contribution in [1.29, 1.82) is 0 Å². The normalized spacial score (nSPS) is 20.1. The van der Waals surface area contributed by atoms with E-state index < -0.39 is 0 Å². The van der Waals surface area contributed by atoms with Crippen molar-refractivity contribution in [2.24, 2.45) is 0 Å². The van der Waals surface area contributed by atoms with E-state index >= 15 is 0 Å². The molecule has 2 aromatic rings. The molecule has 1 saturated heterocycles. The van der Waals surface area contributed by atoms with E-state index in [0.29, 0.717) is 0 Å². The van der Waals surface area contributed by atoms with Gasteiger partial charge >= 0.3 is 7.12 Å². The summed E-state index contributed by atoms with van der Waals surface area (Å²) in [5.41, 5.74) is 2.38. The number of fused-ring (bicyclic) bond motifs is 1. The molecule has 1 fully saturated rings. The number of aryl methyl sites for hydroxylation is 1. The Morgan fingerprint density at radius 1 is 1.05 bits per heavy atom. The van der Waals surface area contributed by atoms with Gasteiger partial charge in [0.1, 0.15) is 6.33 Å². The summed E-state index contributed by atoms with van der Waals surface area (Å²) in [7, 11) is -0.343. The van der Waals surface area contributed by atoms with Crippen LogP contribution in [0.4, 0.5) is 0 Å². The molecule has 0 spiro atoms. The minimum atomic E-state index is -0.343. The highest BCUT2D eigenvalue weighted by Crippen LogP contribution is 2.36. The molecule has 1 aliphatic heterocycles. The van der Waals surface area contributed by atoms with Crippen LogP contribution in [0.5, 0.6) is 0 Å². The quantitative estimate of drug-likeness (QED) is 0.795. The van der Waals surface area contributed by atoms with Crippen LogP contribution >= 0.6 is 0 Å². The smallest absolute Gasteiger partial charge is 0.399 e. The Morgan fingerprint density at radius 3 is 2.33 bits per heavy atom. The molecular weight excluding hydrogens is 263 g/mol. The van der Waals surface area contributed by atoms with E-state index in [4.69, 9.17) is 9.31 Å². The zero-order valence-corrected chi connectivity index (χ0v) is 13.3. The summed E-state index contributed by atoms with van der Waals surface area (Å²) in [4.78, 5) is 8.68. The van der Waals surface area contributed by atoms with Gasteiger partial charge in [0, 0.05) is 5.39 Å². The van der Waals surface area contributed by atoms with Crippen LogP contribution in [0.3, 0.4) is 0 Å². The monoisotopic (exact) mass is 284 g/mol. The van der Waals surface area contributed by atoms with Crippen LogP contribution in [0.15, 0.2) is 24.5 Å². The van der Waals surface area contributed by atoms with Crippen molar-refractivity contribution in [3.8, 4) is 0 Å². The molecule has 110 valence electrons. The fourth-order valence-electron chi connectivity index (χ4n) is 2.54. The number of rotatable bonds is 2. The van der Waals surface area contributed by atoms with Gasteiger partial charge in [0.15, 0.2) is 0 Å². The summed E-state index contributed by atoms with van der Waals surface area (Å²) in [6.07, 6.45) is 2.50. The van der Waals surface area contributed by atoms with Gasteiger partial charge in [0.2, 0.25) is 0 Å². The molecule has 21 heavy (non-hydrogen) atoms. The second kappa shape index (κ2) is 4.78. The number of hydrogen-bond donors (Lipinski definition) is 0. The summed E-state index contributed by atoms with van der Waals surface area (Å²) < 4.78 is 12.2. The highest BCUT2D eigenvalue weighted by atomic mass is 16.7. The summed E-state index contributed by atoms with van der Waals surface area (Å²) >= 11 is 0. The van der Waals surface area contributed by atoms with Crippen LogP contribution in [-0.4, -0.2) is 28.3 Å². The molecule has 2 heterocycles. The Morgan fingerprint density at radius 2 is 1.71 bits per heavy atom. The molecule has 5 heteroatoms. The van der Waals surface area contributed by atoms with Gasteiger partial charge in [-0.05, 0) is 45.6 Å². The summed E-state index contributed by atoms with van der Waals surface area (Å²) in [5, 5.41) is 1.08. The maximum atomic E-state index is 6.11. The molecule has 0 amide bonds. The molecule has 0 unspecified atom stereocenters. The van der Waals surface area contributed by atoms with E-state index in [9.17, 15) is 0 Å². The van der Waals surface area contributed by atoms with Crippen molar-refractivity contribution in [2.45, 2.75) is 52.2 Å². The highest BCUT2D eigenvalue weighted by molar-refractivity contribution is 6.62. The third-order valence-corrected chi connectivity index (χ3v) is 4.60. The van der Waals surface area contributed by atoms with Gasteiger partial charge in [-0.25, -0.2) is 9.97 Å². The summed E-state index contributed by atoms with van der Waals surface area (Å²) in [6.45, 7) is 10.4. The second-order valence-corrected chi connectivity index (χ2v) is 6.54. The van der Waals surface area contributed by atoms with Crippen molar-refractivity contribution in [3.63, 3.8) is 0 Å². The van der Waals surface area contributed by atoms with Crippen molar-refractivity contribution in [3.05, 3.63) is 30.2 Å². The Balaban J connectivity index is 2.03. The number of nitrogens with zero attached hydrogens (tertiary/aromatic N) is 2. The minimum Gasteiger partial charge on any atom is -0.399 e. The van der Waals surface area contributed by atoms with Crippen LogP contribution in [0.1, 0.15) is 40.3 Å².